The van der Waals surface area contributed by atoms with Gasteiger partial charge in [0.1, 0.15) is 17.8 Å². The van der Waals surface area contributed by atoms with Gasteiger partial charge in [-0.2, -0.15) is 0 Å². The molecule has 11 heteroatoms. The van der Waals surface area contributed by atoms with Gasteiger partial charge < -0.3 is 33.6 Å². The summed E-state index contributed by atoms with van der Waals surface area (Å²) < 4.78 is 28.4. The van der Waals surface area contributed by atoms with E-state index in [1.54, 1.807) is 40.7 Å². The molecule has 42 heavy (non-hydrogen) atoms. The van der Waals surface area contributed by atoms with Crippen LogP contribution in [0.2, 0.25) is 0 Å². The predicted molar refractivity (Wildman–Crippen MR) is 144 cm³/mol. The first-order chi connectivity index (χ1) is 19.5. The quantitative estimate of drug-likeness (QED) is 0.383. The Bertz CT molecular complexity index is 1270. The molecule has 1 spiro atoms. The number of hydrogen-bond acceptors (Lipinski definition) is 11. The molecule has 0 radical (unpaired) electrons. The van der Waals surface area contributed by atoms with Crippen LogP contribution in [0, 0.1) is 34.5 Å². The van der Waals surface area contributed by atoms with E-state index < -0.39 is 93.8 Å². The summed E-state index contributed by atoms with van der Waals surface area (Å²) in [5.41, 5.74) is -5.27. The van der Waals surface area contributed by atoms with Crippen LogP contribution in [0.1, 0.15) is 85.3 Å². The molecule has 2 unspecified atom stereocenters. The lowest BCUT2D eigenvalue weighted by atomic mass is 9.50. The van der Waals surface area contributed by atoms with Crippen LogP contribution in [0.25, 0.3) is 0 Å². The fourth-order valence-corrected chi connectivity index (χ4v) is 8.48. The predicted octanol–water partition coefficient (Wildman–Crippen LogP) is 3.25. The molecule has 232 valence electrons. The summed E-state index contributed by atoms with van der Waals surface area (Å²) in [5.74, 6) is -7.16. The highest BCUT2D eigenvalue weighted by Crippen LogP contribution is 2.68. The van der Waals surface area contributed by atoms with Crippen molar-refractivity contribution in [3.05, 3.63) is 24.2 Å². The maximum Gasteiger partial charge on any atom is 0.308 e. The standard InChI is InChI=1S/C31H42O11/c1-16(2)25(35)41-26-27(4,5)19(12-21(32)38-7)17(3)23(34)29(26)15-30(36)20-13-22(33)40-24(18-8-11-39-14-18)28(20,6)9-10-31(30,37)42-29/h8,11,14,16-17,19-20,24,26,36-37H,9-10,12-13,15H2,1-7H3/t17-,19?,20?,24+,26+,28-,29+,30+,31+/m1/s1. The third kappa shape index (κ3) is 4.17. The van der Waals surface area contributed by atoms with Crippen LogP contribution >= 0.6 is 0 Å². The number of fused-ring (bicyclic) bond motifs is 3. The summed E-state index contributed by atoms with van der Waals surface area (Å²) in [5, 5.41) is 24.7. The second kappa shape index (κ2) is 9.89. The minimum atomic E-state index is -2.22. The van der Waals surface area contributed by atoms with Crippen molar-refractivity contribution in [2.24, 2.45) is 34.5 Å². The normalized spacial score (nSPS) is 42.6. The molecule has 5 rings (SSSR count). The Kier molecular flexibility index (Phi) is 7.22. The fourth-order valence-electron chi connectivity index (χ4n) is 8.48. The fraction of sp³-hybridized carbons (Fsp3) is 0.742. The molecule has 11 nitrogen and oxygen atoms in total. The summed E-state index contributed by atoms with van der Waals surface area (Å²) in [4.78, 5) is 53.0. The van der Waals surface area contributed by atoms with E-state index in [9.17, 15) is 29.4 Å². The van der Waals surface area contributed by atoms with Crippen molar-refractivity contribution in [3.8, 4) is 0 Å². The zero-order valence-electron chi connectivity index (χ0n) is 25.3. The number of rotatable bonds is 5. The van der Waals surface area contributed by atoms with E-state index in [0.717, 1.165) is 0 Å². The third-order valence-electron chi connectivity index (χ3n) is 10.8. The summed E-state index contributed by atoms with van der Waals surface area (Å²) in [6.45, 7) is 10.5. The SMILES string of the molecule is COC(=O)CC1[C@@H](C)C(=O)[C@@]2(C[C@]3(O)C4CC(=O)O[C@@H](c5ccoc5)[C@]4(C)CC[C@]3(O)O2)[C@@H](OC(=O)C(C)C)C1(C)C. The van der Waals surface area contributed by atoms with Crippen molar-refractivity contribution in [1.82, 2.24) is 0 Å². The van der Waals surface area contributed by atoms with Crippen molar-refractivity contribution in [1.29, 1.82) is 0 Å². The van der Waals surface area contributed by atoms with E-state index in [2.05, 4.69) is 0 Å². The second-order valence-corrected chi connectivity index (χ2v) is 13.9. The summed E-state index contributed by atoms with van der Waals surface area (Å²) in [7, 11) is 1.27. The summed E-state index contributed by atoms with van der Waals surface area (Å²) >= 11 is 0. The number of hydrogen-bond donors (Lipinski definition) is 2. The molecule has 9 atom stereocenters. The van der Waals surface area contributed by atoms with Gasteiger partial charge in [0.2, 0.25) is 0 Å². The lowest BCUT2D eigenvalue weighted by Gasteiger charge is -2.58. The van der Waals surface area contributed by atoms with Crippen molar-refractivity contribution in [2.45, 2.75) is 103 Å². The van der Waals surface area contributed by atoms with E-state index in [0.29, 0.717) is 12.0 Å². The molecule has 2 saturated heterocycles. The Balaban J connectivity index is 1.63. The van der Waals surface area contributed by atoms with Crippen molar-refractivity contribution in [3.63, 3.8) is 0 Å². The highest BCUT2D eigenvalue weighted by molar-refractivity contribution is 5.93. The van der Waals surface area contributed by atoms with Crippen LogP contribution < -0.4 is 0 Å². The van der Waals surface area contributed by atoms with Gasteiger partial charge in [0.05, 0.1) is 32.0 Å². The molecule has 0 bridgehead atoms. The second-order valence-electron chi connectivity index (χ2n) is 13.9. The Morgan fingerprint density at radius 1 is 1.14 bits per heavy atom. The monoisotopic (exact) mass is 590 g/mol. The van der Waals surface area contributed by atoms with Gasteiger partial charge >= 0.3 is 17.9 Å². The van der Waals surface area contributed by atoms with Crippen LogP contribution in [-0.2, 0) is 38.1 Å². The van der Waals surface area contributed by atoms with Gasteiger partial charge in [-0.3, -0.25) is 19.2 Å². The third-order valence-corrected chi connectivity index (χ3v) is 10.8. The molecule has 2 N–H and O–H groups in total. The Morgan fingerprint density at radius 2 is 1.83 bits per heavy atom. The van der Waals surface area contributed by atoms with Gasteiger partial charge in [-0.1, -0.05) is 41.5 Å². The highest BCUT2D eigenvalue weighted by atomic mass is 16.7. The van der Waals surface area contributed by atoms with Crippen molar-refractivity contribution >= 4 is 23.7 Å². The Labute approximate surface area is 245 Å². The number of aliphatic hydroxyl groups is 2. The van der Waals surface area contributed by atoms with Crippen molar-refractivity contribution < 1.29 is 52.8 Å². The molecule has 0 aromatic carbocycles. The first-order valence-electron chi connectivity index (χ1n) is 14.6. The smallest absolute Gasteiger partial charge is 0.308 e. The minimum absolute atomic E-state index is 0.0668. The van der Waals surface area contributed by atoms with Crippen LogP contribution in [0.3, 0.4) is 0 Å². The topological polar surface area (TPSA) is 159 Å². The molecule has 1 aromatic heterocycles. The molecule has 2 saturated carbocycles. The molecular formula is C31H42O11. The molecule has 2 aliphatic carbocycles. The van der Waals surface area contributed by atoms with E-state index in [-0.39, 0.29) is 19.3 Å². The molecule has 2 aliphatic heterocycles. The van der Waals surface area contributed by atoms with Crippen LogP contribution in [-0.4, -0.2) is 64.1 Å². The average Bonchev–Trinajstić information content (AvgIpc) is 3.54. The lowest BCUT2D eigenvalue weighted by Crippen LogP contribution is -2.67. The van der Waals surface area contributed by atoms with E-state index in [4.69, 9.17) is 23.4 Å². The molecule has 4 aliphatic rings. The zero-order chi connectivity index (χ0) is 31.0. The Hall–Kier alpha value is -2.76. The van der Waals surface area contributed by atoms with Gasteiger partial charge in [0.25, 0.3) is 0 Å². The van der Waals surface area contributed by atoms with Crippen LogP contribution in [0.4, 0.5) is 0 Å². The summed E-state index contributed by atoms with van der Waals surface area (Å²) in [6.07, 6.45) is 0.448. The Morgan fingerprint density at radius 3 is 2.43 bits per heavy atom. The number of Topliss-reactive ketones (excluding diaryl/α,β-unsaturated/α-hetero) is 1. The zero-order valence-corrected chi connectivity index (χ0v) is 25.3. The molecule has 4 fully saturated rings. The van der Waals surface area contributed by atoms with Gasteiger partial charge in [-0.05, 0) is 18.4 Å². The molecule has 0 amide bonds. The maximum absolute atomic E-state index is 14.5. The van der Waals surface area contributed by atoms with Gasteiger partial charge in [0.15, 0.2) is 17.2 Å². The minimum Gasteiger partial charge on any atom is -0.472 e. The first-order valence-corrected chi connectivity index (χ1v) is 14.6. The van der Waals surface area contributed by atoms with E-state index in [1.807, 2.05) is 6.92 Å². The lowest BCUT2D eigenvalue weighted by molar-refractivity contribution is -0.338. The number of cyclic esters (lactones) is 1. The van der Waals surface area contributed by atoms with Gasteiger partial charge in [-0.15, -0.1) is 0 Å². The number of methoxy groups -OCH3 is 1. The number of carbonyl (C=O) groups excluding carboxylic acids is 4. The van der Waals surface area contributed by atoms with Crippen molar-refractivity contribution in [2.75, 3.05) is 7.11 Å². The number of esters is 3. The first kappa shape index (κ1) is 30.7. The number of ether oxygens (including phenoxy) is 4. The van der Waals surface area contributed by atoms with Crippen LogP contribution in [0.15, 0.2) is 23.0 Å². The highest BCUT2D eigenvalue weighted by Gasteiger charge is 2.80. The molecule has 1 aromatic rings. The molecule has 3 heterocycles. The van der Waals surface area contributed by atoms with E-state index >= 15 is 0 Å². The molecular weight excluding hydrogens is 548 g/mol. The van der Waals surface area contributed by atoms with Gasteiger partial charge in [-0.25, -0.2) is 0 Å². The number of carbonyl (C=O) groups is 4. The summed E-state index contributed by atoms with van der Waals surface area (Å²) in [6, 6.07) is 1.70. The number of furan rings is 1. The van der Waals surface area contributed by atoms with Crippen LogP contribution in [0.5, 0.6) is 0 Å². The number of ketones is 1. The maximum atomic E-state index is 14.5. The average molecular weight is 591 g/mol. The largest absolute Gasteiger partial charge is 0.472 e. The van der Waals surface area contributed by atoms with Gasteiger partial charge in [0, 0.05) is 47.5 Å². The van der Waals surface area contributed by atoms with E-state index in [1.165, 1.54) is 19.6 Å².